The fourth-order valence-electron chi connectivity index (χ4n) is 3.18. The Morgan fingerprint density at radius 3 is 2.33 bits per heavy atom. The highest BCUT2D eigenvalue weighted by Gasteiger charge is 2.19. The molecule has 2 N–H and O–H groups in total. The molecule has 0 atom stereocenters. The molecule has 0 fully saturated rings. The van der Waals surface area contributed by atoms with Crippen LogP contribution in [0.3, 0.4) is 0 Å². The lowest BCUT2D eigenvalue weighted by atomic mass is 9.86. The van der Waals surface area contributed by atoms with Crippen molar-refractivity contribution in [2.45, 2.75) is 38.0 Å². The minimum absolute atomic E-state index is 0.0650. The van der Waals surface area contributed by atoms with E-state index in [1.54, 1.807) is 25.1 Å². The van der Waals surface area contributed by atoms with E-state index in [1.807, 2.05) is 24.3 Å². The number of para-hydroxylation sites is 1. The molecule has 0 aliphatic rings. The number of sulfonamides is 1. The normalized spacial score (nSPS) is 11.7. The molecule has 0 aliphatic heterocycles. The molecular formula is C25H27ClN2O4S. The van der Waals surface area contributed by atoms with E-state index in [4.69, 9.17) is 16.3 Å². The summed E-state index contributed by atoms with van der Waals surface area (Å²) in [5.41, 5.74) is 2.51. The first-order chi connectivity index (χ1) is 15.5. The van der Waals surface area contributed by atoms with Gasteiger partial charge in [0.2, 0.25) is 0 Å². The lowest BCUT2D eigenvalue weighted by Crippen LogP contribution is -2.22. The summed E-state index contributed by atoms with van der Waals surface area (Å²) in [4.78, 5) is 12.4. The van der Waals surface area contributed by atoms with Crippen molar-refractivity contribution in [2.24, 2.45) is 0 Å². The Morgan fingerprint density at radius 2 is 1.67 bits per heavy atom. The summed E-state index contributed by atoms with van der Waals surface area (Å²) in [6.07, 6.45) is 0. The molecule has 33 heavy (non-hydrogen) atoms. The fourth-order valence-corrected chi connectivity index (χ4v) is 4.47. The zero-order valence-electron chi connectivity index (χ0n) is 19.0. The first-order valence-electron chi connectivity index (χ1n) is 10.4. The first kappa shape index (κ1) is 24.6. The molecule has 0 aliphatic carbocycles. The van der Waals surface area contributed by atoms with Crippen LogP contribution in [-0.4, -0.2) is 20.9 Å². The summed E-state index contributed by atoms with van der Waals surface area (Å²) < 4.78 is 33.7. The Balaban J connectivity index is 1.64. The third-order valence-corrected chi connectivity index (χ3v) is 6.56. The van der Waals surface area contributed by atoms with E-state index in [1.165, 1.54) is 24.3 Å². The van der Waals surface area contributed by atoms with Crippen molar-refractivity contribution in [1.82, 2.24) is 0 Å². The number of anilines is 2. The van der Waals surface area contributed by atoms with Crippen LogP contribution in [-0.2, 0) is 20.2 Å². The Kier molecular flexibility index (Phi) is 7.34. The third kappa shape index (κ3) is 6.49. The summed E-state index contributed by atoms with van der Waals surface area (Å²) >= 11 is 5.97. The Morgan fingerprint density at radius 1 is 1.00 bits per heavy atom. The number of aryl methyl sites for hydroxylation is 1. The summed E-state index contributed by atoms with van der Waals surface area (Å²) in [6, 6.07) is 18.5. The average Bonchev–Trinajstić information content (AvgIpc) is 2.74. The number of carbonyl (C=O) groups is 1. The van der Waals surface area contributed by atoms with Crippen molar-refractivity contribution in [3.63, 3.8) is 0 Å². The van der Waals surface area contributed by atoms with Gasteiger partial charge in [0.25, 0.3) is 15.9 Å². The molecule has 0 bridgehead atoms. The zero-order chi connectivity index (χ0) is 24.2. The highest BCUT2D eigenvalue weighted by atomic mass is 35.5. The summed E-state index contributed by atoms with van der Waals surface area (Å²) in [7, 11) is -3.81. The second-order valence-corrected chi connectivity index (χ2v) is 10.8. The largest absolute Gasteiger partial charge is 0.483 e. The summed E-state index contributed by atoms with van der Waals surface area (Å²) in [5, 5.41) is 3.15. The maximum atomic E-state index is 12.7. The van der Waals surface area contributed by atoms with Gasteiger partial charge in [-0.2, -0.15) is 0 Å². The quantitative estimate of drug-likeness (QED) is 0.444. The van der Waals surface area contributed by atoms with Crippen LogP contribution in [0.15, 0.2) is 71.6 Å². The van der Waals surface area contributed by atoms with Crippen LogP contribution >= 0.6 is 11.6 Å². The molecule has 0 unspecified atom stereocenters. The van der Waals surface area contributed by atoms with Gasteiger partial charge in [-0.3, -0.25) is 9.52 Å². The molecule has 8 heteroatoms. The van der Waals surface area contributed by atoms with E-state index >= 15 is 0 Å². The number of benzene rings is 3. The number of rotatable bonds is 7. The van der Waals surface area contributed by atoms with Crippen LogP contribution in [0.1, 0.15) is 31.9 Å². The van der Waals surface area contributed by atoms with Crippen molar-refractivity contribution < 1.29 is 17.9 Å². The number of hydrogen-bond donors (Lipinski definition) is 2. The number of amides is 1. The predicted octanol–water partition coefficient (Wildman–Crippen LogP) is 5.76. The van der Waals surface area contributed by atoms with Crippen molar-refractivity contribution in [3.8, 4) is 5.75 Å². The maximum Gasteiger partial charge on any atom is 0.262 e. The van der Waals surface area contributed by atoms with Crippen LogP contribution in [0.4, 0.5) is 11.4 Å². The van der Waals surface area contributed by atoms with Crippen molar-refractivity contribution >= 4 is 38.9 Å². The minimum Gasteiger partial charge on any atom is -0.483 e. The third-order valence-electron chi connectivity index (χ3n) is 4.95. The molecular weight excluding hydrogens is 460 g/mol. The van der Waals surface area contributed by atoms with Gasteiger partial charge in [-0.05, 0) is 65.9 Å². The Bertz CT molecular complexity index is 1250. The molecule has 0 saturated heterocycles. The average molecular weight is 487 g/mol. The smallest absolute Gasteiger partial charge is 0.262 e. The molecule has 0 radical (unpaired) electrons. The molecule has 3 rings (SSSR count). The molecule has 6 nitrogen and oxygen atoms in total. The van der Waals surface area contributed by atoms with Crippen LogP contribution < -0.4 is 14.8 Å². The van der Waals surface area contributed by atoms with E-state index in [0.29, 0.717) is 22.1 Å². The number of hydrogen-bond acceptors (Lipinski definition) is 4. The highest BCUT2D eigenvalue weighted by Crippen LogP contribution is 2.31. The monoisotopic (exact) mass is 486 g/mol. The molecule has 174 valence electrons. The molecule has 0 saturated carbocycles. The van der Waals surface area contributed by atoms with E-state index in [-0.39, 0.29) is 22.8 Å². The van der Waals surface area contributed by atoms with Gasteiger partial charge in [0, 0.05) is 10.7 Å². The topological polar surface area (TPSA) is 84.5 Å². The lowest BCUT2D eigenvalue weighted by Gasteiger charge is -2.22. The van der Waals surface area contributed by atoms with Crippen LogP contribution in [0.2, 0.25) is 5.02 Å². The van der Waals surface area contributed by atoms with Crippen molar-refractivity contribution in [3.05, 3.63) is 82.9 Å². The first-order valence-corrected chi connectivity index (χ1v) is 12.2. The lowest BCUT2D eigenvalue weighted by molar-refractivity contribution is -0.118. The molecule has 1 amide bonds. The fraction of sp³-hybridized carbons (Fsp3) is 0.240. The SMILES string of the molecule is Cc1ccc(Cl)cc1NS(=O)(=O)c1ccc(NC(=O)COc2ccccc2C(C)(C)C)cc1. The van der Waals surface area contributed by atoms with Gasteiger partial charge in [-0.15, -0.1) is 0 Å². The number of halogens is 1. The van der Waals surface area contributed by atoms with Crippen molar-refractivity contribution in [2.75, 3.05) is 16.6 Å². The van der Waals surface area contributed by atoms with Crippen LogP contribution in [0, 0.1) is 6.92 Å². The molecule has 3 aromatic rings. The van der Waals surface area contributed by atoms with Gasteiger partial charge >= 0.3 is 0 Å². The van der Waals surface area contributed by atoms with E-state index in [2.05, 4.69) is 30.8 Å². The van der Waals surface area contributed by atoms with Crippen molar-refractivity contribution in [1.29, 1.82) is 0 Å². The van der Waals surface area contributed by atoms with Gasteiger partial charge in [-0.25, -0.2) is 8.42 Å². The number of ether oxygens (including phenoxy) is 1. The predicted molar refractivity (Wildman–Crippen MR) is 133 cm³/mol. The standard InChI is InChI=1S/C25H27ClN2O4S/c1-17-9-10-18(26)15-22(17)28-33(30,31)20-13-11-19(12-14-20)27-24(29)16-32-23-8-6-5-7-21(23)25(2,3)4/h5-15,28H,16H2,1-4H3,(H,27,29). The summed E-state index contributed by atoms with van der Waals surface area (Å²) in [5.74, 6) is 0.311. The highest BCUT2D eigenvalue weighted by molar-refractivity contribution is 7.92. The molecule has 3 aromatic carbocycles. The second kappa shape index (κ2) is 9.85. The maximum absolute atomic E-state index is 12.7. The van der Waals surface area contributed by atoms with Crippen LogP contribution in [0.5, 0.6) is 5.75 Å². The number of carbonyl (C=O) groups excluding carboxylic acids is 1. The van der Waals surface area contributed by atoms with Gasteiger partial charge in [0.15, 0.2) is 6.61 Å². The van der Waals surface area contributed by atoms with E-state index in [9.17, 15) is 13.2 Å². The van der Waals surface area contributed by atoms with Gasteiger partial charge in [-0.1, -0.05) is 56.6 Å². The van der Waals surface area contributed by atoms with Gasteiger partial charge < -0.3 is 10.1 Å². The molecule has 0 spiro atoms. The van der Waals surface area contributed by atoms with Gasteiger partial charge in [0.1, 0.15) is 5.75 Å². The Hall–Kier alpha value is -3.03. The Labute approximate surface area is 200 Å². The van der Waals surface area contributed by atoms with E-state index in [0.717, 1.165) is 11.1 Å². The summed E-state index contributed by atoms with van der Waals surface area (Å²) in [6.45, 7) is 7.85. The second-order valence-electron chi connectivity index (χ2n) is 8.67. The van der Waals surface area contributed by atoms with Gasteiger partial charge in [0.05, 0.1) is 10.6 Å². The molecule has 0 aromatic heterocycles. The van der Waals surface area contributed by atoms with Crippen LogP contribution in [0.25, 0.3) is 0 Å². The number of nitrogens with one attached hydrogen (secondary N) is 2. The minimum atomic E-state index is -3.81. The zero-order valence-corrected chi connectivity index (χ0v) is 20.5. The molecule has 0 heterocycles. The van der Waals surface area contributed by atoms with E-state index < -0.39 is 10.0 Å².